The number of benzene rings is 2. The summed E-state index contributed by atoms with van der Waals surface area (Å²) >= 11 is 0. The number of carboxylic acid groups (broad SMARTS) is 1. The Labute approximate surface area is 172 Å². The zero-order valence-corrected chi connectivity index (χ0v) is 16.3. The van der Waals surface area contributed by atoms with Gasteiger partial charge in [-0.2, -0.15) is 0 Å². The number of carbonyl (C=O) groups is 3. The van der Waals surface area contributed by atoms with Gasteiger partial charge in [-0.05, 0) is 35.9 Å². The van der Waals surface area contributed by atoms with Crippen LogP contribution in [0.5, 0.6) is 0 Å². The fourth-order valence-corrected chi connectivity index (χ4v) is 3.52. The first-order valence-corrected chi connectivity index (χ1v) is 9.49. The van der Waals surface area contributed by atoms with Crippen molar-refractivity contribution in [1.82, 2.24) is 20.2 Å². The second-order valence-corrected chi connectivity index (χ2v) is 7.24. The highest BCUT2D eigenvalue weighted by Crippen LogP contribution is 2.25. The van der Waals surface area contributed by atoms with E-state index in [-0.39, 0.29) is 31.3 Å². The third kappa shape index (κ3) is 3.95. The molecule has 4 rings (SSSR count). The van der Waals surface area contributed by atoms with Crippen molar-refractivity contribution in [3.63, 3.8) is 0 Å². The van der Waals surface area contributed by atoms with E-state index in [9.17, 15) is 14.4 Å². The highest BCUT2D eigenvalue weighted by atomic mass is 16.4. The number of aliphatic carboxylic acids is 1. The van der Waals surface area contributed by atoms with Gasteiger partial charge in [0.05, 0.1) is 24.0 Å². The van der Waals surface area contributed by atoms with Crippen molar-refractivity contribution in [2.45, 2.75) is 25.6 Å². The van der Waals surface area contributed by atoms with Crippen molar-refractivity contribution < 1.29 is 19.5 Å². The monoisotopic (exact) mass is 407 g/mol. The van der Waals surface area contributed by atoms with E-state index < -0.39 is 12.0 Å². The van der Waals surface area contributed by atoms with Crippen LogP contribution in [-0.2, 0) is 22.7 Å². The number of nitrogens with one attached hydrogen (secondary N) is 3. The Morgan fingerprint density at radius 3 is 2.83 bits per heavy atom. The lowest BCUT2D eigenvalue weighted by Gasteiger charge is -2.19. The Hall–Kier alpha value is -3.88. The highest BCUT2D eigenvalue weighted by molar-refractivity contribution is 5.95. The molecule has 0 radical (unpaired) electrons. The van der Waals surface area contributed by atoms with E-state index in [1.54, 1.807) is 25.2 Å². The molecule has 4 N–H and O–H groups in total. The van der Waals surface area contributed by atoms with Crippen LogP contribution in [0.1, 0.15) is 28.2 Å². The smallest absolute Gasteiger partial charge is 0.305 e. The Morgan fingerprint density at radius 1 is 1.27 bits per heavy atom. The molecule has 0 unspecified atom stereocenters. The number of aromatic nitrogens is 2. The minimum atomic E-state index is -1.06. The maximum Gasteiger partial charge on any atom is 0.305 e. The van der Waals surface area contributed by atoms with Crippen molar-refractivity contribution in [3.05, 3.63) is 59.4 Å². The standard InChI is InChI=1S/C21H21N5O4/c1-26-11-13-8-12(6-7-14(13)23-17(21(26)30)9-19(27)28)20(29)22-10-18-24-15-4-2-3-5-16(15)25-18/h2-8,17,23H,9-11H2,1H3,(H,22,29)(H,24,25)(H,27,28)/t17-/m0/s1. The number of carbonyl (C=O) groups excluding carboxylic acids is 2. The summed E-state index contributed by atoms with van der Waals surface area (Å²) in [5.74, 6) is -0.967. The fourth-order valence-electron chi connectivity index (χ4n) is 3.52. The molecule has 0 aliphatic carbocycles. The number of fused-ring (bicyclic) bond motifs is 2. The molecule has 2 aromatic carbocycles. The van der Waals surface area contributed by atoms with Crippen LogP contribution in [0.2, 0.25) is 0 Å². The Balaban J connectivity index is 1.49. The predicted molar refractivity (Wildman–Crippen MR) is 110 cm³/mol. The van der Waals surface area contributed by atoms with Crippen molar-refractivity contribution in [2.24, 2.45) is 0 Å². The number of imidazole rings is 1. The Kier molecular flexibility index (Phi) is 5.09. The van der Waals surface area contributed by atoms with Crippen LogP contribution in [0.3, 0.4) is 0 Å². The lowest BCUT2D eigenvalue weighted by atomic mass is 10.1. The topological polar surface area (TPSA) is 127 Å². The lowest BCUT2D eigenvalue weighted by Crippen LogP contribution is -2.39. The van der Waals surface area contributed by atoms with Gasteiger partial charge in [0.2, 0.25) is 5.91 Å². The van der Waals surface area contributed by atoms with Crippen LogP contribution in [0, 0.1) is 0 Å². The van der Waals surface area contributed by atoms with Crippen LogP contribution in [0.25, 0.3) is 11.0 Å². The molecular formula is C21H21N5O4. The summed E-state index contributed by atoms with van der Waals surface area (Å²) in [4.78, 5) is 45.2. The van der Waals surface area contributed by atoms with Crippen molar-refractivity contribution in [1.29, 1.82) is 0 Å². The second-order valence-electron chi connectivity index (χ2n) is 7.24. The molecule has 9 heteroatoms. The summed E-state index contributed by atoms with van der Waals surface area (Å²) in [7, 11) is 1.61. The van der Waals surface area contributed by atoms with Gasteiger partial charge in [0.25, 0.3) is 5.91 Å². The number of nitrogens with zero attached hydrogens (tertiary/aromatic N) is 2. The minimum absolute atomic E-state index is 0.252. The fraction of sp³-hybridized carbons (Fsp3) is 0.238. The Bertz CT molecular complexity index is 1110. The summed E-state index contributed by atoms with van der Waals surface area (Å²) < 4.78 is 0. The van der Waals surface area contributed by atoms with E-state index >= 15 is 0 Å². The van der Waals surface area contributed by atoms with Gasteiger partial charge in [0, 0.05) is 24.8 Å². The summed E-state index contributed by atoms with van der Waals surface area (Å²) in [6.45, 7) is 0.532. The molecule has 1 aliphatic rings. The van der Waals surface area contributed by atoms with E-state index in [0.717, 1.165) is 16.6 Å². The average Bonchev–Trinajstić information content (AvgIpc) is 3.10. The first-order chi connectivity index (χ1) is 14.4. The Morgan fingerprint density at radius 2 is 2.07 bits per heavy atom. The van der Waals surface area contributed by atoms with Crippen molar-refractivity contribution in [2.75, 3.05) is 12.4 Å². The van der Waals surface area contributed by atoms with Crippen molar-refractivity contribution >= 4 is 34.5 Å². The van der Waals surface area contributed by atoms with Gasteiger partial charge in [-0.3, -0.25) is 14.4 Å². The van der Waals surface area contributed by atoms with E-state index in [0.29, 0.717) is 17.1 Å². The molecule has 0 fully saturated rings. The predicted octanol–water partition coefficient (Wildman–Crippen LogP) is 1.72. The number of amides is 2. The highest BCUT2D eigenvalue weighted by Gasteiger charge is 2.29. The number of H-pyrrole nitrogens is 1. The SMILES string of the molecule is CN1Cc2cc(C(=O)NCc3nc4ccccc4[nH]3)ccc2N[C@@H](CC(=O)O)C1=O. The lowest BCUT2D eigenvalue weighted by molar-refractivity contribution is -0.141. The molecule has 1 atom stereocenters. The molecule has 0 bridgehead atoms. The summed E-state index contributed by atoms with van der Waals surface area (Å²) in [6, 6.07) is 11.8. The largest absolute Gasteiger partial charge is 0.481 e. The van der Waals surface area contributed by atoms with Crippen LogP contribution in [-0.4, -0.2) is 50.8 Å². The van der Waals surface area contributed by atoms with Gasteiger partial charge < -0.3 is 25.6 Å². The number of likely N-dealkylation sites (N-methyl/N-ethyl adjacent to an activating group) is 1. The maximum atomic E-state index is 12.6. The maximum absolute atomic E-state index is 12.6. The third-order valence-corrected chi connectivity index (χ3v) is 5.01. The van der Waals surface area contributed by atoms with Crippen LogP contribution < -0.4 is 10.6 Å². The number of hydrogen-bond acceptors (Lipinski definition) is 5. The first kappa shape index (κ1) is 19.4. The zero-order valence-electron chi connectivity index (χ0n) is 16.3. The summed E-state index contributed by atoms with van der Waals surface area (Å²) in [6.07, 6.45) is -0.317. The molecule has 2 heterocycles. The van der Waals surface area contributed by atoms with E-state index in [2.05, 4.69) is 20.6 Å². The molecule has 0 spiro atoms. The number of rotatable bonds is 5. The van der Waals surface area contributed by atoms with Gasteiger partial charge in [-0.25, -0.2) is 4.98 Å². The van der Waals surface area contributed by atoms with Crippen LogP contribution in [0.15, 0.2) is 42.5 Å². The summed E-state index contributed by atoms with van der Waals surface area (Å²) in [5, 5.41) is 14.9. The minimum Gasteiger partial charge on any atom is -0.481 e. The van der Waals surface area contributed by atoms with Crippen LogP contribution >= 0.6 is 0 Å². The number of para-hydroxylation sites is 2. The third-order valence-electron chi connectivity index (χ3n) is 5.01. The molecule has 30 heavy (non-hydrogen) atoms. The van der Waals surface area contributed by atoms with Gasteiger partial charge in [-0.1, -0.05) is 12.1 Å². The van der Waals surface area contributed by atoms with Gasteiger partial charge in [-0.15, -0.1) is 0 Å². The molecule has 2 amide bonds. The molecule has 3 aromatic rings. The van der Waals surface area contributed by atoms with E-state index in [4.69, 9.17) is 5.11 Å². The normalized spacial score (nSPS) is 16.0. The first-order valence-electron chi connectivity index (χ1n) is 9.49. The molecular weight excluding hydrogens is 386 g/mol. The number of hydrogen-bond donors (Lipinski definition) is 4. The molecule has 0 saturated heterocycles. The molecule has 154 valence electrons. The zero-order chi connectivity index (χ0) is 21.3. The quantitative estimate of drug-likeness (QED) is 0.510. The summed E-state index contributed by atoms with van der Waals surface area (Å²) in [5.41, 5.74) is 3.58. The number of anilines is 1. The van der Waals surface area contributed by atoms with Gasteiger partial charge >= 0.3 is 5.97 Å². The number of aromatic amines is 1. The number of carboxylic acids is 1. The van der Waals surface area contributed by atoms with E-state index in [1.807, 2.05) is 24.3 Å². The molecule has 1 aromatic heterocycles. The molecule has 9 nitrogen and oxygen atoms in total. The van der Waals surface area contributed by atoms with E-state index in [1.165, 1.54) is 4.90 Å². The molecule has 1 aliphatic heterocycles. The van der Waals surface area contributed by atoms with Crippen molar-refractivity contribution in [3.8, 4) is 0 Å². The second kappa shape index (κ2) is 7.86. The van der Waals surface area contributed by atoms with Gasteiger partial charge in [0.15, 0.2) is 0 Å². The van der Waals surface area contributed by atoms with Gasteiger partial charge in [0.1, 0.15) is 11.9 Å². The average molecular weight is 407 g/mol. The molecule has 0 saturated carbocycles. The van der Waals surface area contributed by atoms with Crippen LogP contribution in [0.4, 0.5) is 5.69 Å².